The number of hydrogen-bond acceptors (Lipinski definition) is 5. The van der Waals surface area contributed by atoms with Crippen molar-refractivity contribution in [1.29, 1.82) is 0 Å². The van der Waals surface area contributed by atoms with Gasteiger partial charge in [-0.2, -0.15) is 4.99 Å². The van der Waals surface area contributed by atoms with Crippen LogP contribution in [0.3, 0.4) is 0 Å². The average Bonchev–Trinajstić information content (AvgIpc) is 2.68. The van der Waals surface area contributed by atoms with E-state index in [2.05, 4.69) is 14.7 Å². The highest BCUT2D eigenvalue weighted by Gasteiger charge is 2.23. The summed E-state index contributed by atoms with van der Waals surface area (Å²) in [4.78, 5) is 20.3. The van der Waals surface area contributed by atoms with Gasteiger partial charge in [0.05, 0.1) is 10.5 Å². The Hall–Kier alpha value is -2.78. The lowest BCUT2D eigenvalue weighted by molar-refractivity contribution is 0.100. The molecule has 1 fully saturated rings. The van der Waals surface area contributed by atoms with E-state index in [0.717, 1.165) is 37.7 Å². The molecule has 30 heavy (non-hydrogen) atoms. The fourth-order valence-corrected chi connectivity index (χ4v) is 4.93. The Kier molecular flexibility index (Phi) is 6.52. The molecule has 1 aromatic heterocycles. The van der Waals surface area contributed by atoms with Crippen molar-refractivity contribution < 1.29 is 13.2 Å². The van der Waals surface area contributed by atoms with Crippen molar-refractivity contribution in [2.45, 2.75) is 56.9 Å². The molecule has 9 heteroatoms. The third kappa shape index (κ3) is 5.03. The molecule has 5 N–H and O–H groups in total. The van der Waals surface area contributed by atoms with Crippen LogP contribution < -0.4 is 16.2 Å². The Morgan fingerprint density at radius 3 is 2.57 bits per heavy atom. The Balaban J connectivity index is 1.97. The van der Waals surface area contributed by atoms with Crippen molar-refractivity contribution in [3.05, 3.63) is 41.6 Å². The number of hydrogen-bond donors (Lipinski definition) is 3. The van der Waals surface area contributed by atoms with Gasteiger partial charge in [0.15, 0.2) is 0 Å². The predicted octanol–water partition coefficient (Wildman–Crippen LogP) is 2.77. The number of benzene rings is 1. The van der Waals surface area contributed by atoms with Gasteiger partial charge in [0.2, 0.25) is 10.0 Å². The zero-order valence-electron chi connectivity index (χ0n) is 17.2. The van der Waals surface area contributed by atoms with Gasteiger partial charge < -0.3 is 11.5 Å². The van der Waals surface area contributed by atoms with Gasteiger partial charge in [0.1, 0.15) is 11.7 Å². The Morgan fingerprint density at radius 1 is 1.20 bits per heavy atom. The van der Waals surface area contributed by atoms with E-state index in [1.807, 2.05) is 6.92 Å². The summed E-state index contributed by atoms with van der Waals surface area (Å²) in [5.74, 6) is -0.445. The highest BCUT2D eigenvalue weighted by Crippen LogP contribution is 2.29. The smallest absolute Gasteiger partial charge is 0.282 e. The molecule has 1 aliphatic carbocycles. The van der Waals surface area contributed by atoms with Crippen LogP contribution >= 0.6 is 0 Å². The number of nitrogens with one attached hydrogen (secondary N) is 1. The van der Waals surface area contributed by atoms with Gasteiger partial charge >= 0.3 is 0 Å². The molecule has 0 atom stereocenters. The molecule has 3 rings (SSSR count). The molecule has 160 valence electrons. The summed E-state index contributed by atoms with van der Waals surface area (Å²) in [6, 6.07) is 6.45. The lowest BCUT2D eigenvalue weighted by Gasteiger charge is -2.22. The molecule has 0 aliphatic heterocycles. The van der Waals surface area contributed by atoms with E-state index in [9.17, 15) is 13.2 Å². The number of nitrogen functional groups attached to an aromatic ring is 1. The number of aliphatic imine (C=N–C) groups is 1. The van der Waals surface area contributed by atoms with Gasteiger partial charge in [-0.05, 0) is 56.0 Å². The van der Waals surface area contributed by atoms with Crippen LogP contribution in [-0.4, -0.2) is 31.2 Å². The van der Waals surface area contributed by atoms with Crippen LogP contribution in [0.5, 0.6) is 0 Å². The largest absolute Gasteiger partial charge is 0.387 e. The summed E-state index contributed by atoms with van der Waals surface area (Å²) in [5.41, 5.74) is 13.5. The van der Waals surface area contributed by atoms with Crippen molar-refractivity contribution in [2.24, 2.45) is 10.7 Å². The third-order valence-corrected chi connectivity index (χ3v) is 6.70. The van der Waals surface area contributed by atoms with Crippen molar-refractivity contribution in [3.63, 3.8) is 0 Å². The normalized spacial score (nSPS) is 15.9. The number of amides is 1. The van der Waals surface area contributed by atoms with Crippen molar-refractivity contribution in [1.82, 2.24) is 9.71 Å². The SMILES string of the molecule is CC(N)=NC(=O)c1cc(-c2cc(S(=O)(=O)NC3CCCCC3)ccc2C)cnc1N. The van der Waals surface area contributed by atoms with Crippen molar-refractivity contribution in [3.8, 4) is 11.1 Å². The molecule has 0 bridgehead atoms. The predicted molar refractivity (Wildman–Crippen MR) is 118 cm³/mol. The first-order valence-electron chi connectivity index (χ1n) is 9.91. The maximum absolute atomic E-state index is 12.9. The van der Waals surface area contributed by atoms with E-state index in [-0.39, 0.29) is 28.2 Å². The summed E-state index contributed by atoms with van der Waals surface area (Å²) in [6.45, 7) is 3.36. The van der Waals surface area contributed by atoms with E-state index in [4.69, 9.17) is 11.5 Å². The minimum absolute atomic E-state index is 0.0340. The van der Waals surface area contributed by atoms with E-state index >= 15 is 0 Å². The number of nitrogens with two attached hydrogens (primary N) is 2. The molecule has 1 heterocycles. The van der Waals surface area contributed by atoms with Crippen LogP contribution in [0.25, 0.3) is 11.1 Å². The van der Waals surface area contributed by atoms with Crippen LogP contribution in [0.15, 0.2) is 40.4 Å². The number of aryl methyl sites for hydroxylation is 1. The van der Waals surface area contributed by atoms with Crippen LogP contribution in [0.4, 0.5) is 5.82 Å². The number of pyridine rings is 1. The maximum Gasteiger partial charge on any atom is 0.282 e. The molecule has 1 aromatic carbocycles. The van der Waals surface area contributed by atoms with Crippen molar-refractivity contribution >= 4 is 27.6 Å². The van der Waals surface area contributed by atoms with E-state index in [1.54, 1.807) is 24.3 Å². The van der Waals surface area contributed by atoms with Crippen LogP contribution in [0, 0.1) is 6.92 Å². The third-order valence-electron chi connectivity index (χ3n) is 5.18. The Morgan fingerprint density at radius 2 is 1.90 bits per heavy atom. The lowest BCUT2D eigenvalue weighted by Crippen LogP contribution is -2.36. The van der Waals surface area contributed by atoms with Gasteiger partial charge in [0, 0.05) is 17.8 Å². The molecule has 0 spiro atoms. The Labute approximate surface area is 176 Å². The zero-order chi connectivity index (χ0) is 21.9. The summed E-state index contributed by atoms with van der Waals surface area (Å²) in [5, 5.41) is 0. The summed E-state index contributed by atoms with van der Waals surface area (Å²) in [7, 11) is -3.66. The number of nitrogens with zero attached hydrogens (tertiary/aromatic N) is 2. The van der Waals surface area contributed by atoms with Crippen LogP contribution in [0.2, 0.25) is 0 Å². The molecule has 1 amide bonds. The first-order valence-corrected chi connectivity index (χ1v) is 11.4. The molecular weight excluding hydrogens is 402 g/mol. The second kappa shape index (κ2) is 8.93. The van der Waals surface area contributed by atoms with Gasteiger partial charge in [-0.25, -0.2) is 18.1 Å². The van der Waals surface area contributed by atoms with Gasteiger partial charge in [-0.15, -0.1) is 0 Å². The summed E-state index contributed by atoms with van der Waals surface area (Å²) >= 11 is 0. The molecule has 2 aromatic rings. The van der Waals surface area contributed by atoms with Gasteiger partial charge in [-0.3, -0.25) is 4.79 Å². The molecule has 8 nitrogen and oxygen atoms in total. The van der Waals surface area contributed by atoms with Crippen LogP contribution in [-0.2, 0) is 10.0 Å². The fourth-order valence-electron chi connectivity index (χ4n) is 3.60. The molecule has 0 saturated heterocycles. The quantitative estimate of drug-likeness (QED) is 0.493. The molecular formula is C21H27N5O3S. The highest BCUT2D eigenvalue weighted by molar-refractivity contribution is 7.89. The maximum atomic E-state index is 12.9. The summed E-state index contributed by atoms with van der Waals surface area (Å²) in [6.07, 6.45) is 6.43. The minimum atomic E-state index is -3.66. The van der Waals surface area contributed by atoms with Gasteiger partial charge in [-0.1, -0.05) is 25.3 Å². The lowest BCUT2D eigenvalue weighted by atomic mass is 9.96. The van der Waals surface area contributed by atoms with Crippen LogP contribution in [0.1, 0.15) is 54.9 Å². The molecule has 0 radical (unpaired) electrons. The number of rotatable bonds is 5. The second-order valence-electron chi connectivity index (χ2n) is 7.65. The van der Waals surface area contributed by atoms with E-state index in [1.165, 1.54) is 13.1 Å². The molecule has 1 aliphatic rings. The average molecular weight is 430 g/mol. The monoisotopic (exact) mass is 429 g/mol. The molecule has 1 saturated carbocycles. The number of sulfonamides is 1. The first-order chi connectivity index (χ1) is 14.2. The van der Waals surface area contributed by atoms with E-state index < -0.39 is 15.9 Å². The standard InChI is InChI=1S/C21H27N5O3S/c1-13-8-9-17(30(28,29)26-16-6-4-3-5-7-16)11-18(13)15-10-19(20(23)24-12-15)21(27)25-14(2)22/h8-12,16,26H,3-7H2,1-2H3,(H2,23,24)(H2,22,25,27). The Bertz CT molecular complexity index is 1090. The minimum Gasteiger partial charge on any atom is -0.387 e. The highest BCUT2D eigenvalue weighted by atomic mass is 32.2. The number of amidine groups is 1. The van der Waals surface area contributed by atoms with Crippen molar-refractivity contribution in [2.75, 3.05) is 5.73 Å². The number of aromatic nitrogens is 1. The number of carbonyl (C=O) groups excluding carboxylic acids is 1. The zero-order valence-corrected chi connectivity index (χ0v) is 18.0. The first kappa shape index (κ1) is 21.9. The van der Waals surface area contributed by atoms with E-state index in [0.29, 0.717) is 11.1 Å². The fraction of sp³-hybridized carbons (Fsp3) is 0.381. The number of carbonyl (C=O) groups is 1. The van der Waals surface area contributed by atoms with Gasteiger partial charge in [0.25, 0.3) is 5.91 Å². The number of anilines is 1. The topological polar surface area (TPSA) is 141 Å². The molecule has 0 unspecified atom stereocenters. The summed E-state index contributed by atoms with van der Waals surface area (Å²) < 4.78 is 28.6. The second-order valence-corrected chi connectivity index (χ2v) is 9.36.